The number of aromatic amines is 1. The molecule has 9 heteroatoms. The first kappa shape index (κ1) is 33.0. The molecule has 2 aliphatic rings. The highest BCUT2D eigenvalue weighted by atomic mass is 16.3. The van der Waals surface area contributed by atoms with E-state index in [2.05, 4.69) is 10.3 Å². The number of aliphatic hydroxyl groups is 2. The van der Waals surface area contributed by atoms with Crippen LogP contribution in [0.25, 0.3) is 10.9 Å². The number of carbonyl (C=O) groups excluding carboxylic acids is 3. The van der Waals surface area contributed by atoms with Crippen molar-refractivity contribution in [2.24, 2.45) is 5.92 Å². The number of nitrogens with zero attached hydrogens (tertiary/aromatic N) is 2. The van der Waals surface area contributed by atoms with Gasteiger partial charge in [-0.05, 0) is 52.9 Å². The lowest BCUT2D eigenvalue weighted by Gasteiger charge is -2.36. The first-order valence-corrected chi connectivity index (χ1v) is 17.0. The third-order valence-electron chi connectivity index (χ3n) is 10.0. The van der Waals surface area contributed by atoms with Crippen molar-refractivity contribution in [2.45, 2.75) is 50.9 Å². The van der Waals surface area contributed by atoms with Gasteiger partial charge in [-0.2, -0.15) is 0 Å². The van der Waals surface area contributed by atoms with Crippen LogP contribution in [0.1, 0.15) is 41.2 Å². The summed E-state index contributed by atoms with van der Waals surface area (Å²) in [5.74, 6) is -1.37. The number of hydrogen-bond donors (Lipinski definition) is 4. The lowest BCUT2D eigenvalue weighted by Crippen LogP contribution is -2.46. The van der Waals surface area contributed by atoms with E-state index in [1.54, 1.807) is 41.0 Å². The molecule has 254 valence electrons. The van der Waals surface area contributed by atoms with Crippen LogP contribution in [0, 0.1) is 5.92 Å². The van der Waals surface area contributed by atoms with E-state index in [0.717, 1.165) is 33.2 Å². The fourth-order valence-electron chi connectivity index (χ4n) is 7.32. The van der Waals surface area contributed by atoms with Crippen molar-refractivity contribution in [2.75, 3.05) is 16.8 Å². The summed E-state index contributed by atoms with van der Waals surface area (Å²) in [6, 6.07) is 30.1. The van der Waals surface area contributed by atoms with Gasteiger partial charge in [-0.25, -0.2) is 0 Å². The Morgan fingerprint density at radius 3 is 2.60 bits per heavy atom. The van der Waals surface area contributed by atoms with E-state index < -0.39 is 17.4 Å². The molecule has 4 N–H and O–H groups in total. The number of rotatable bonds is 10. The number of H-pyrrole nitrogens is 1. The Kier molecular flexibility index (Phi) is 9.10. The molecule has 0 fully saturated rings. The van der Waals surface area contributed by atoms with Gasteiger partial charge < -0.3 is 30.3 Å². The quantitative estimate of drug-likeness (QED) is 0.144. The predicted octanol–water partition coefficient (Wildman–Crippen LogP) is 5.61. The molecule has 9 nitrogen and oxygen atoms in total. The SMILES string of the molecule is C[C@@H](/C=C/CC(=O)N1Cc2ccccc2C[C@H]1CO)[C@]1(O)C(=O)N(Cc2cccc(NC(=O)Cc3c[nH]c4ccccc34)c2)c2ccccc21. The summed E-state index contributed by atoms with van der Waals surface area (Å²) < 4.78 is 0. The minimum absolute atomic E-state index is 0.0808. The molecule has 0 aliphatic carbocycles. The zero-order valence-corrected chi connectivity index (χ0v) is 27.9. The van der Waals surface area contributed by atoms with Crippen molar-refractivity contribution in [1.82, 2.24) is 9.88 Å². The maximum Gasteiger partial charge on any atom is 0.264 e. The number of nitrogens with one attached hydrogen (secondary N) is 2. The van der Waals surface area contributed by atoms with Crippen LogP contribution < -0.4 is 10.2 Å². The molecule has 7 rings (SSSR count). The highest BCUT2D eigenvalue weighted by Gasteiger charge is 2.52. The highest BCUT2D eigenvalue weighted by Crippen LogP contribution is 2.45. The summed E-state index contributed by atoms with van der Waals surface area (Å²) in [6.07, 6.45) is 6.18. The summed E-state index contributed by atoms with van der Waals surface area (Å²) in [6.45, 7) is 2.28. The Labute approximate surface area is 290 Å². The second-order valence-corrected chi connectivity index (χ2v) is 13.2. The summed E-state index contributed by atoms with van der Waals surface area (Å²) in [4.78, 5) is 46.9. The number of carbonyl (C=O) groups is 3. The van der Waals surface area contributed by atoms with E-state index in [9.17, 15) is 24.6 Å². The molecule has 3 heterocycles. The summed E-state index contributed by atoms with van der Waals surface area (Å²) in [5.41, 5.74) is 4.79. The van der Waals surface area contributed by atoms with Gasteiger partial charge in [0.1, 0.15) is 0 Å². The maximum absolute atomic E-state index is 14.1. The van der Waals surface area contributed by atoms with Gasteiger partial charge in [-0.15, -0.1) is 0 Å². The standard InChI is InChI=1S/C41H40N4O5/c1-27(10-8-19-39(48)44-25-30-13-3-2-12-29(30)21-33(44)26-46)41(50)35-16-5-7-18-37(35)45(40(41)49)24-28-11-9-14-32(20-28)43-38(47)22-31-23-42-36-17-6-4-15-34(31)36/h2-18,20,23,27,33,42,46,50H,19,21-22,24-26H2,1H3,(H,43,47)/b10-8+/t27-,33-,41+/m0/s1. The second kappa shape index (κ2) is 13.8. The molecule has 2 aliphatic heterocycles. The molecule has 0 unspecified atom stereocenters. The van der Waals surface area contributed by atoms with Crippen molar-refractivity contribution >= 4 is 40.0 Å². The first-order valence-electron chi connectivity index (χ1n) is 17.0. The van der Waals surface area contributed by atoms with Gasteiger partial charge in [0.15, 0.2) is 5.60 Å². The molecule has 4 aromatic carbocycles. The van der Waals surface area contributed by atoms with Gasteiger partial charge >= 0.3 is 0 Å². The van der Waals surface area contributed by atoms with Crippen LogP contribution in [0.5, 0.6) is 0 Å². The molecule has 0 saturated carbocycles. The van der Waals surface area contributed by atoms with Crippen molar-refractivity contribution in [3.05, 3.63) is 143 Å². The third kappa shape index (κ3) is 6.21. The fourth-order valence-corrected chi connectivity index (χ4v) is 7.32. The number of para-hydroxylation sites is 2. The minimum atomic E-state index is -1.83. The van der Waals surface area contributed by atoms with Crippen LogP contribution >= 0.6 is 0 Å². The zero-order chi connectivity index (χ0) is 34.8. The topological polar surface area (TPSA) is 126 Å². The van der Waals surface area contributed by atoms with Crippen LogP contribution in [0.4, 0.5) is 11.4 Å². The molecular weight excluding hydrogens is 628 g/mol. The molecule has 1 aromatic heterocycles. The monoisotopic (exact) mass is 668 g/mol. The predicted molar refractivity (Wildman–Crippen MR) is 193 cm³/mol. The van der Waals surface area contributed by atoms with E-state index in [1.165, 1.54) is 0 Å². The van der Waals surface area contributed by atoms with Crippen molar-refractivity contribution < 1.29 is 24.6 Å². The van der Waals surface area contributed by atoms with Gasteiger partial charge in [0, 0.05) is 47.2 Å². The van der Waals surface area contributed by atoms with Gasteiger partial charge in [0.25, 0.3) is 5.91 Å². The number of hydrogen-bond acceptors (Lipinski definition) is 5. The molecule has 0 radical (unpaired) electrons. The minimum Gasteiger partial charge on any atom is -0.394 e. The van der Waals surface area contributed by atoms with E-state index in [-0.39, 0.29) is 43.8 Å². The van der Waals surface area contributed by atoms with Gasteiger partial charge in [0.2, 0.25) is 11.8 Å². The molecule has 5 aromatic rings. The molecular formula is C41H40N4O5. The largest absolute Gasteiger partial charge is 0.394 e. The van der Waals surface area contributed by atoms with E-state index in [1.807, 2.05) is 91.1 Å². The number of amides is 3. The molecule has 0 bridgehead atoms. The van der Waals surface area contributed by atoms with Crippen LogP contribution in [0.3, 0.4) is 0 Å². The number of benzene rings is 4. The van der Waals surface area contributed by atoms with E-state index in [4.69, 9.17) is 0 Å². The average molecular weight is 669 g/mol. The second-order valence-electron chi connectivity index (χ2n) is 13.2. The van der Waals surface area contributed by atoms with Gasteiger partial charge in [0.05, 0.1) is 31.3 Å². The fraction of sp³-hybridized carbons (Fsp3) is 0.244. The molecule has 3 amide bonds. The van der Waals surface area contributed by atoms with E-state index >= 15 is 0 Å². The molecule has 0 spiro atoms. The van der Waals surface area contributed by atoms with Crippen molar-refractivity contribution in [3.8, 4) is 0 Å². The number of aromatic nitrogens is 1. The number of fused-ring (bicyclic) bond motifs is 3. The number of aliphatic hydroxyl groups excluding tert-OH is 1. The van der Waals surface area contributed by atoms with Gasteiger partial charge in [-0.1, -0.05) is 91.9 Å². The lowest BCUT2D eigenvalue weighted by atomic mass is 9.83. The Bertz CT molecular complexity index is 2100. The van der Waals surface area contributed by atoms with Crippen molar-refractivity contribution in [3.63, 3.8) is 0 Å². The number of anilines is 2. The Hall–Kier alpha value is -5.51. The summed E-state index contributed by atoms with van der Waals surface area (Å²) in [7, 11) is 0. The van der Waals surface area contributed by atoms with Crippen LogP contribution in [0.2, 0.25) is 0 Å². The van der Waals surface area contributed by atoms with Crippen molar-refractivity contribution in [1.29, 1.82) is 0 Å². The maximum atomic E-state index is 14.1. The lowest BCUT2D eigenvalue weighted by molar-refractivity contribution is -0.139. The normalized spacial score (nSPS) is 19.1. The smallest absolute Gasteiger partial charge is 0.264 e. The van der Waals surface area contributed by atoms with Gasteiger partial charge in [-0.3, -0.25) is 14.4 Å². The summed E-state index contributed by atoms with van der Waals surface area (Å²) >= 11 is 0. The third-order valence-corrected chi connectivity index (χ3v) is 10.0. The van der Waals surface area contributed by atoms with E-state index in [0.29, 0.717) is 29.9 Å². The molecule has 3 atom stereocenters. The zero-order valence-electron chi connectivity index (χ0n) is 27.9. The Balaban J connectivity index is 1.03. The summed E-state index contributed by atoms with van der Waals surface area (Å²) in [5, 5.41) is 26.1. The molecule has 0 saturated heterocycles. The first-order chi connectivity index (χ1) is 24.3. The van der Waals surface area contributed by atoms with Crippen LogP contribution in [-0.4, -0.2) is 50.5 Å². The Morgan fingerprint density at radius 1 is 1.00 bits per heavy atom. The molecule has 50 heavy (non-hydrogen) atoms. The van der Waals surface area contributed by atoms with Crippen LogP contribution in [-0.2, 0) is 45.9 Å². The highest BCUT2D eigenvalue weighted by molar-refractivity contribution is 6.07. The van der Waals surface area contributed by atoms with Crippen LogP contribution in [0.15, 0.2) is 115 Å². The average Bonchev–Trinajstić information content (AvgIpc) is 3.63. The Morgan fingerprint density at radius 2 is 1.76 bits per heavy atom.